The molecule has 8 nitrogen and oxygen atoms in total. The van der Waals surface area contributed by atoms with Gasteiger partial charge in [0.05, 0.1) is 23.8 Å². The molecular weight excluding hydrogens is 320 g/mol. The molecule has 1 atom stereocenters. The number of likely N-dealkylation sites (tertiary alicyclic amines) is 1. The number of hydrogen-bond donors (Lipinski definition) is 0. The van der Waals surface area contributed by atoms with Crippen LogP contribution in [0.15, 0.2) is 31.0 Å². The minimum Gasteiger partial charge on any atom is -0.346 e. The van der Waals surface area contributed by atoms with Gasteiger partial charge in [0.2, 0.25) is 0 Å². The van der Waals surface area contributed by atoms with Gasteiger partial charge in [-0.1, -0.05) is 0 Å². The predicted molar refractivity (Wildman–Crippen MR) is 89.4 cm³/mol. The SMILES string of the molecule is Cc1cnc(C(=O)N2CCCC2(C(=O)N(C)C)c2cnccn2)cn1. The first kappa shape index (κ1) is 16.9. The Morgan fingerprint density at radius 1 is 1.12 bits per heavy atom. The summed E-state index contributed by atoms with van der Waals surface area (Å²) in [6.45, 7) is 2.25. The first-order valence-corrected chi connectivity index (χ1v) is 8.05. The van der Waals surface area contributed by atoms with Crippen molar-refractivity contribution in [2.45, 2.75) is 25.3 Å². The van der Waals surface area contributed by atoms with E-state index in [1.165, 1.54) is 17.3 Å². The number of carbonyl (C=O) groups excluding carboxylic acids is 2. The molecule has 0 N–H and O–H groups in total. The summed E-state index contributed by atoms with van der Waals surface area (Å²) in [7, 11) is 3.35. The van der Waals surface area contributed by atoms with Crippen LogP contribution in [0.3, 0.4) is 0 Å². The van der Waals surface area contributed by atoms with Gasteiger partial charge in [0.1, 0.15) is 5.69 Å². The maximum Gasteiger partial charge on any atom is 0.275 e. The predicted octanol–water partition coefficient (Wildman–Crippen LogP) is 0.795. The summed E-state index contributed by atoms with van der Waals surface area (Å²) in [4.78, 5) is 46.0. The first-order valence-electron chi connectivity index (χ1n) is 8.05. The molecule has 2 amide bonds. The number of carbonyl (C=O) groups is 2. The second-order valence-electron chi connectivity index (χ2n) is 6.25. The molecule has 0 aromatic carbocycles. The number of hydrogen-bond acceptors (Lipinski definition) is 6. The number of nitrogens with zero attached hydrogens (tertiary/aromatic N) is 6. The fourth-order valence-electron chi connectivity index (χ4n) is 3.22. The molecule has 130 valence electrons. The minimum absolute atomic E-state index is 0.195. The summed E-state index contributed by atoms with van der Waals surface area (Å²) in [6.07, 6.45) is 8.80. The number of aryl methyl sites for hydroxylation is 1. The van der Waals surface area contributed by atoms with Crippen molar-refractivity contribution < 1.29 is 9.59 Å². The average Bonchev–Trinajstić information content (AvgIpc) is 3.07. The van der Waals surface area contributed by atoms with Gasteiger partial charge in [-0.25, -0.2) is 4.98 Å². The lowest BCUT2D eigenvalue weighted by molar-refractivity contribution is -0.140. The van der Waals surface area contributed by atoms with Gasteiger partial charge < -0.3 is 9.80 Å². The Labute approximate surface area is 145 Å². The minimum atomic E-state index is -1.17. The zero-order chi connectivity index (χ0) is 18.0. The average molecular weight is 340 g/mol. The molecular formula is C17H20N6O2. The number of aromatic nitrogens is 4. The van der Waals surface area contributed by atoms with Crippen LogP contribution in [0, 0.1) is 6.92 Å². The monoisotopic (exact) mass is 340 g/mol. The third kappa shape index (κ3) is 2.84. The molecule has 1 aliphatic rings. The highest BCUT2D eigenvalue weighted by molar-refractivity contribution is 5.98. The van der Waals surface area contributed by atoms with Crippen molar-refractivity contribution in [3.63, 3.8) is 0 Å². The van der Waals surface area contributed by atoms with Crippen LogP contribution in [0.5, 0.6) is 0 Å². The van der Waals surface area contributed by atoms with Crippen LogP contribution >= 0.6 is 0 Å². The summed E-state index contributed by atoms with van der Waals surface area (Å²) in [5, 5.41) is 0. The van der Waals surface area contributed by atoms with Crippen molar-refractivity contribution in [3.8, 4) is 0 Å². The molecule has 3 rings (SSSR count). The van der Waals surface area contributed by atoms with Gasteiger partial charge in [-0.05, 0) is 19.8 Å². The summed E-state index contributed by atoms with van der Waals surface area (Å²) in [5.74, 6) is -0.523. The molecule has 1 unspecified atom stereocenters. The molecule has 0 radical (unpaired) electrons. The molecule has 1 aliphatic heterocycles. The van der Waals surface area contributed by atoms with E-state index < -0.39 is 5.54 Å². The van der Waals surface area contributed by atoms with Crippen LogP contribution < -0.4 is 0 Å². The van der Waals surface area contributed by atoms with E-state index in [4.69, 9.17) is 0 Å². The van der Waals surface area contributed by atoms with Crippen LogP contribution in [0.1, 0.15) is 34.7 Å². The van der Waals surface area contributed by atoms with Crippen molar-refractivity contribution in [2.24, 2.45) is 0 Å². The third-order valence-electron chi connectivity index (χ3n) is 4.37. The van der Waals surface area contributed by atoms with Gasteiger partial charge in [-0.3, -0.25) is 24.5 Å². The van der Waals surface area contributed by atoms with E-state index in [-0.39, 0.29) is 17.5 Å². The molecule has 0 saturated carbocycles. The van der Waals surface area contributed by atoms with Gasteiger partial charge in [0.25, 0.3) is 11.8 Å². The lowest BCUT2D eigenvalue weighted by Gasteiger charge is -2.37. The first-order chi connectivity index (χ1) is 12.0. The normalized spacial score (nSPS) is 19.7. The van der Waals surface area contributed by atoms with Gasteiger partial charge in [0, 0.05) is 39.2 Å². The van der Waals surface area contributed by atoms with Gasteiger partial charge >= 0.3 is 0 Å². The summed E-state index contributed by atoms with van der Waals surface area (Å²) in [5.41, 5.74) is 0.246. The summed E-state index contributed by atoms with van der Waals surface area (Å²) >= 11 is 0. The molecule has 25 heavy (non-hydrogen) atoms. The van der Waals surface area contributed by atoms with Crippen molar-refractivity contribution in [1.29, 1.82) is 0 Å². The van der Waals surface area contributed by atoms with Crippen LogP contribution in [0.25, 0.3) is 0 Å². The smallest absolute Gasteiger partial charge is 0.275 e. The largest absolute Gasteiger partial charge is 0.346 e. The topological polar surface area (TPSA) is 92.2 Å². The molecule has 2 aromatic rings. The van der Waals surface area contributed by atoms with Crippen LogP contribution in [-0.4, -0.2) is 62.2 Å². The molecule has 0 aliphatic carbocycles. The van der Waals surface area contributed by atoms with E-state index in [2.05, 4.69) is 19.9 Å². The second-order valence-corrected chi connectivity index (χ2v) is 6.25. The number of amides is 2. The van der Waals surface area contributed by atoms with E-state index in [9.17, 15) is 9.59 Å². The van der Waals surface area contributed by atoms with E-state index in [0.717, 1.165) is 5.69 Å². The molecule has 8 heteroatoms. The highest BCUT2D eigenvalue weighted by atomic mass is 16.2. The Hall–Kier alpha value is -2.90. The Balaban J connectivity index is 2.09. The lowest BCUT2D eigenvalue weighted by atomic mass is 9.90. The molecule has 1 fully saturated rings. The van der Waals surface area contributed by atoms with E-state index in [1.807, 2.05) is 0 Å². The van der Waals surface area contributed by atoms with Crippen molar-refractivity contribution in [2.75, 3.05) is 20.6 Å². The second kappa shape index (κ2) is 6.54. The third-order valence-corrected chi connectivity index (χ3v) is 4.37. The highest BCUT2D eigenvalue weighted by Gasteiger charge is 2.53. The van der Waals surface area contributed by atoms with Crippen molar-refractivity contribution in [1.82, 2.24) is 29.7 Å². The Bertz CT molecular complexity index is 777. The van der Waals surface area contributed by atoms with Gasteiger partial charge in [0.15, 0.2) is 5.54 Å². The Morgan fingerprint density at radius 3 is 2.52 bits per heavy atom. The lowest BCUT2D eigenvalue weighted by Crippen LogP contribution is -2.55. The summed E-state index contributed by atoms with van der Waals surface area (Å²) < 4.78 is 0. The number of rotatable bonds is 3. The fraction of sp³-hybridized carbons (Fsp3) is 0.412. The van der Waals surface area contributed by atoms with Crippen molar-refractivity contribution >= 4 is 11.8 Å². The zero-order valence-corrected chi connectivity index (χ0v) is 14.5. The van der Waals surface area contributed by atoms with E-state index in [0.29, 0.717) is 25.1 Å². The summed E-state index contributed by atoms with van der Waals surface area (Å²) in [6, 6.07) is 0. The maximum atomic E-state index is 13.1. The number of likely N-dealkylation sites (N-methyl/N-ethyl adjacent to an activating group) is 1. The molecule has 0 bridgehead atoms. The zero-order valence-electron chi connectivity index (χ0n) is 14.5. The van der Waals surface area contributed by atoms with Crippen molar-refractivity contribution in [3.05, 3.63) is 48.1 Å². The quantitative estimate of drug-likeness (QED) is 0.820. The molecule has 0 spiro atoms. The van der Waals surface area contributed by atoms with E-state index >= 15 is 0 Å². The van der Waals surface area contributed by atoms with Gasteiger partial charge in [-0.2, -0.15) is 0 Å². The Morgan fingerprint density at radius 2 is 1.92 bits per heavy atom. The van der Waals surface area contributed by atoms with Crippen LogP contribution in [0.4, 0.5) is 0 Å². The van der Waals surface area contributed by atoms with Crippen LogP contribution in [-0.2, 0) is 10.3 Å². The van der Waals surface area contributed by atoms with Gasteiger partial charge in [-0.15, -0.1) is 0 Å². The Kier molecular flexibility index (Phi) is 4.43. The standard InChI is InChI=1S/C17H20N6O2/c1-12-9-21-13(10-20-12)15(24)23-8-4-5-17(23,16(25)22(2)3)14-11-18-6-7-19-14/h6-7,9-11H,4-5,8H2,1-3H3. The molecule has 1 saturated heterocycles. The van der Waals surface area contributed by atoms with Crippen LogP contribution in [0.2, 0.25) is 0 Å². The molecule has 3 heterocycles. The fourth-order valence-corrected chi connectivity index (χ4v) is 3.22. The maximum absolute atomic E-state index is 13.1. The molecule has 2 aromatic heterocycles. The highest BCUT2D eigenvalue weighted by Crippen LogP contribution is 2.39. The van der Waals surface area contributed by atoms with E-state index in [1.54, 1.807) is 44.5 Å².